The number of amides is 1. The number of Topliss-reactive ketones (excluding diaryl/α,β-unsaturated/α-hetero) is 1. The van der Waals surface area contributed by atoms with Gasteiger partial charge in [0.1, 0.15) is 5.41 Å². The van der Waals surface area contributed by atoms with Crippen molar-refractivity contribution in [2.75, 3.05) is 5.75 Å². The lowest BCUT2D eigenvalue weighted by molar-refractivity contribution is -0.129. The summed E-state index contributed by atoms with van der Waals surface area (Å²) in [5.74, 6) is -0.131. The lowest BCUT2D eigenvalue weighted by atomic mass is 9.73. The molecule has 0 N–H and O–H groups in total. The van der Waals surface area contributed by atoms with Crippen LogP contribution in [0.5, 0.6) is 0 Å². The minimum Gasteiger partial charge on any atom is -0.293 e. The molecule has 2 aliphatic rings. The number of carbonyl (C=O) groups excluding carboxylic acids is 2. The molecule has 1 unspecified atom stereocenters. The van der Waals surface area contributed by atoms with Crippen LogP contribution in [0.2, 0.25) is 0 Å². The van der Waals surface area contributed by atoms with Gasteiger partial charge in [0, 0.05) is 38.0 Å². The van der Waals surface area contributed by atoms with Crippen LogP contribution in [-0.2, 0) is 4.79 Å². The monoisotopic (exact) mass is 563 g/mol. The topological polar surface area (TPSA) is 37.4 Å². The smallest absolute Gasteiger partial charge is 0.250 e. The molecule has 0 saturated heterocycles. The molecular weight excluding hydrogens is 542 g/mol. The van der Waals surface area contributed by atoms with Crippen LogP contribution in [0.1, 0.15) is 27.0 Å². The van der Waals surface area contributed by atoms with Gasteiger partial charge in [-0.1, -0.05) is 101 Å². The van der Waals surface area contributed by atoms with Gasteiger partial charge in [0.25, 0.3) is 5.91 Å². The van der Waals surface area contributed by atoms with E-state index in [4.69, 9.17) is 0 Å². The number of nitrogens with zero attached hydrogens (tertiary/aromatic N) is 1. The van der Waals surface area contributed by atoms with Crippen LogP contribution in [0.3, 0.4) is 0 Å². The summed E-state index contributed by atoms with van der Waals surface area (Å²) >= 11 is 5.01. The number of carbonyl (C=O) groups is 2. The van der Waals surface area contributed by atoms with Crippen LogP contribution in [0.4, 0.5) is 0 Å². The zero-order valence-corrected chi connectivity index (χ0v) is 22.2. The third kappa shape index (κ3) is 3.99. The largest absolute Gasteiger partial charge is 0.293 e. The molecule has 0 spiro atoms. The fraction of sp³-hybridized carbons (Fsp3) is 0.0625. The van der Waals surface area contributed by atoms with Gasteiger partial charge in [-0.15, -0.1) is 11.8 Å². The molecule has 4 aromatic rings. The summed E-state index contributed by atoms with van der Waals surface area (Å²) in [5, 5.41) is 0. The Bertz CT molecular complexity index is 1560. The number of rotatable bonds is 6. The summed E-state index contributed by atoms with van der Waals surface area (Å²) in [6, 6.07) is 35.1. The first-order valence-electron chi connectivity index (χ1n) is 12.0. The van der Waals surface area contributed by atoms with Gasteiger partial charge in [0.15, 0.2) is 5.78 Å². The highest BCUT2D eigenvalue weighted by Crippen LogP contribution is 2.55. The predicted octanol–water partition coefficient (Wildman–Crippen LogP) is 7.81. The van der Waals surface area contributed by atoms with Crippen LogP contribution in [-0.4, -0.2) is 22.3 Å². The SMILES string of the molecule is O=C(c1ccc(Br)cc1)C1(CSc2ccccc2)C(=O)N2C=Cc3ccccc3C2=C1c1ccccc1. The summed E-state index contributed by atoms with van der Waals surface area (Å²) in [5.41, 5.74) is 3.49. The Morgan fingerprint density at radius 3 is 2.19 bits per heavy atom. The zero-order valence-electron chi connectivity index (χ0n) is 19.8. The Labute approximate surface area is 228 Å². The molecule has 3 nitrogen and oxygen atoms in total. The van der Waals surface area contributed by atoms with Crippen LogP contribution < -0.4 is 0 Å². The van der Waals surface area contributed by atoms with Crippen LogP contribution in [0.15, 0.2) is 125 Å². The normalized spacial score (nSPS) is 18.1. The maximum absolute atomic E-state index is 14.6. The molecule has 37 heavy (non-hydrogen) atoms. The Morgan fingerprint density at radius 1 is 0.811 bits per heavy atom. The van der Waals surface area contributed by atoms with Gasteiger partial charge >= 0.3 is 0 Å². The number of halogens is 1. The van der Waals surface area contributed by atoms with Crippen molar-refractivity contribution in [2.45, 2.75) is 4.90 Å². The second-order valence-electron chi connectivity index (χ2n) is 9.01. The van der Waals surface area contributed by atoms with Crippen molar-refractivity contribution in [1.82, 2.24) is 4.90 Å². The standard InChI is InChI=1S/C32H22BrNO2S/c33-25-17-15-24(16-18-25)30(35)32(21-37-26-12-5-2-6-13-26)28(23-10-3-1-4-11-23)29-27-14-8-7-9-22(27)19-20-34(29)31(32)36/h1-20H,21H2. The summed E-state index contributed by atoms with van der Waals surface area (Å²) in [6.45, 7) is 0. The van der Waals surface area contributed by atoms with Gasteiger partial charge in [-0.05, 0) is 41.5 Å². The van der Waals surface area contributed by atoms with E-state index in [-0.39, 0.29) is 17.4 Å². The van der Waals surface area contributed by atoms with E-state index in [1.165, 1.54) is 11.8 Å². The molecule has 0 aliphatic carbocycles. The minimum absolute atomic E-state index is 0.194. The molecule has 0 bridgehead atoms. The summed E-state index contributed by atoms with van der Waals surface area (Å²) < 4.78 is 0.880. The van der Waals surface area contributed by atoms with E-state index in [2.05, 4.69) is 15.9 Å². The lowest BCUT2D eigenvalue weighted by Gasteiger charge is -2.29. The highest BCUT2D eigenvalue weighted by atomic mass is 79.9. The fourth-order valence-electron chi connectivity index (χ4n) is 5.11. The van der Waals surface area contributed by atoms with Crippen molar-refractivity contribution in [1.29, 1.82) is 0 Å². The Hall–Kier alpha value is -3.67. The number of ketones is 1. The van der Waals surface area contributed by atoms with Gasteiger partial charge in [-0.2, -0.15) is 0 Å². The Morgan fingerprint density at radius 2 is 1.46 bits per heavy atom. The molecule has 1 atom stereocenters. The van der Waals surface area contributed by atoms with E-state index in [9.17, 15) is 9.59 Å². The molecule has 0 radical (unpaired) electrons. The second kappa shape index (κ2) is 9.66. The minimum atomic E-state index is -1.41. The first-order valence-corrected chi connectivity index (χ1v) is 13.8. The van der Waals surface area contributed by atoms with E-state index >= 15 is 0 Å². The van der Waals surface area contributed by atoms with E-state index < -0.39 is 5.41 Å². The number of fused-ring (bicyclic) bond motifs is 3. The van der Waals surface area contributed by atoms with E-state index in [1.807, 2.05) is 109 Å². The van der Waals surface area contributed by atoms with Crippen LogP contribution in [0, 0.1) is 5.41 Å². The zero-order chi connectivity index (χ0) is 25.4. The van der Waals surface area contributed by atoms with Gasteiger partial charge < -0.3 is 0 Å². The molecular formula is C32H22BrNO2S. The molecule has 6 rings (SSSR count). The van der Waals surface area contributed by atoms with Gasteiger partial charge in [-0.3, -0.25) is 14.5 Å². The predicted molar refractivity (Wildman–Crippen MR) is 154 cm³/mol. The Balaban J connectivity index is 1.63. The number of thioether (sulfide) groups is 1. The van der Waals surface area contributed by atoms with Gasteiger partial charge in [0.2, 0.25) is 0 Å². The molecule has 0 fully saturated rings. The van der Waals surface area contributed by atoms with Gasteiger partial charge in [-0.25, -0.2) is 0 Å². The van der Waals surface area contributed by atoms with Crippen molar-refractivity contribution < 1.29 is 9.59 Å². The first kappa shape index (κ1) is 23.7. The van der Waals surface area contributed by atoms with Crippen LogP contribution in [0.25, 0.3) is 17.3 Å². The highest BCUT2D eigenvalue weighted by molar-refractivity contribution is 9.10. The Kier molecular flexibility index (Phi) is 6.19. The highest BCUT2D eigenvalue weighted by Gasteiger charge is 2.58. The first-order chi connectivity index (χ1) is 18.1. The maximum atomic E-state index is 14.6. The molecule has 2 heterocycles. The maximum Gasteiger partial charge on any atom is 0.250 e. The summed E-state index contributed by atoms with van der Waals surface area (Å²) in [6.07, 6.45) is 3.76. The molecule has 4 aromatic carbocycles. The van der Waals surface area contributed by atoms with Crippen molar-refractivity contribution in [3.05, 3.63) is 142 Å². The number of hydrogen-bond donors (Lipinski definition) is 0. The van der Waals surface area contributed by atoms with Crippen molar-refractivity contribution in [2.24, 2.45) is 5.41 Å². The quantitative estimate of drug-likeness (QED) is 0.136. The number of benzene rings is 4. The average molecular weight is 565 g/mol. The van der Waals surface area contributed by atoms with E-state index in [0.29, 0.717) is 5.56 Å². The number of hydrogen-bond acceptors (Lipinski definition) is 3. The fourth-order valence-corrected chi connectivity index (χ4v) is 6.51. The molecule has 0 saturated carbocycles. The lowest BCUT2D eigenvalue weighted by Crippen LogP contribution is -2.44. The molecule has 1 amide bonds. The van der Waals surface area contributed by atoms with Crippen molar-refractivity contribution in [3.63, 3.8) is 0 Å². The van der Waals surface area contributed by atoms with E-state index in [0.717, 1.165) is 37.3 Å². The molecule has 2 aliphatic heterocycles. The third-order valence-corrected chi connectivity index (χ3v) is 8.57. The van der Waals surface area contributed by atoms with Gasteiger partial charge in [0.05, 0.1) is 5.70 Å². The third-order valence-electron chi connectivity index (χ3n) is 6.86. The molecule has 0 aromatic heterocycles. The van der Waals surface area contributed by atoms with Crippen molar-refractivity contribution >= 4 is 56.7 Å². The van der Waals surface area contributed by atoms with Crippen molar-refractivity contribution in [3.8, 4) is 0 Å². The average Bonchev–Trinajstić information content (AvgIpc) is 3.22. The molecule has 5 heteroatoms. The molecule has 180 valence electrons. The second-order valence-corrected chi connectivity index (χ2v) is 11.0. The van der Waals surface area contributed by atoms with E-state index in [1.54, 1.807) is 17.0 Å². The summed E-state index contributed by atoms with van der Waals surface area (Å²) in [4.78, 5) is 31.9. The summed E-state index contributed by atoms with van der Waals surface area (Å²) in [7, 11) is 0. The van der Waals surface area contributed by atoms with Crippen LogP contribution >= 0.6 is 27.7 Å².